The van der Waals surface area contributed by atoms with E-state index in [1.54, 1.807) is 0 Å². The zero-order chi connectivity index (χ0) is 19.8. The van der Waals surface area contributed by atoms with Gasteiger partial charge in [0, 0.05) is 18.6 Å². The highest BCUT2D eigenvalue weighted by atomic mass is 19.4. The summed E-state index contributed by atoms with van der Waals surface area (Å²) in [5, 5.41) is 19.9. The first-order valence-corrected chi connectivity index (χ1v) is 6.17. The third-order valence-electron chi connectivity index (χ3n) is 3.13. The van der Waals surface area contributed by atoms with Gasteiger partial charge in [0.05, 0.1) is 11.0 Å². The van der Waals surface area contributed by atoms with Crippen molar-refractivity contribution in [2.45, 2.75) is 36.5 Å². The van der Waals surface area contributed by atoms with Crippen LogP contribution in [-0.2, 0) is 0 Å². The van der Waals surface area contributed by atoms with Crippen molar-refractivity contribution in [2.24, 2.45) is 0 Å². The zero-order valence-electron chi connectivity index (χ0n) is 11.7. The Hall–Kier alpha value is -2.05. The van der Waals surface area contributed by atoms with E-state index in [1.165, 1.54) is 0 Å². The average Bonchev–Trinajstić information content (AvgIpc) is 2.45. The van der Waals surface area contributed by atoms with Crippen LogP contribution in [0.25, 0.3) is 0 Å². The van der Waals surface area contributed by atoms with Gasteiger partial charge >= 0.3 is 23.9 Å². The molecule has 1 rings (SSSR count). The number of non-ortho nitro benzene ring substituents is 1. The number of nitrogens with zero attached hydrogens (tertiary/aromatic N) is 1. The third kappa shape index (κ3) is 3.80. The summed E-state index contributed by atoms with van der Waals surface area (Å²) in [5.74, 6) is -19.9. The SMILES string of the molecule is O=[N+]([O-])c1cccc(C(O)CC(F)(F)C(F)(F)C(F)(F)C(F)(F)F)c1. The van der Waals surface area contributed by atoms with Gasteiger partial charge in [0.2, 0.25) is 0 Å². The molecule has 0 fully saturated rings. The van der Waals surface area contributed by atoms with Gasteiger partial charge in [-0.05, 0) is 5.56 Å². The van der Waals surface area contributed by atoms with Crippen LogP contribution in [0.4, 0.5) is 45.2 Å². The molecule has 0 spiro atoms. The average molecular weight is 385 g/mol. The van der Waals surface area contributed by atoms with Crippen molar-refractivity contribution in [1.82, 2.24) is 0 Å². The molecule has 0 aliphatic carbocycles. The molecule has 0 saturated carbocycles. The summed E-state index contributed by atoms with van der Waals surface area (Å²) in [4.78, 5) is 9.47. The van der Waals surface area contributed by atoms with E-state index in [-0.39, 0.29) is 0 Å². The van der Waals surface area contributed by atoms with Crippen LogP contribution in [0, 0.1) is 10.1 Å². The van der Waals surface area contributed by atoms with Crippen LogP contribution in [0.15, 0.2) is 24.3 Å². The van der Waals surface area contributed by atoms with Gasteiger partial charge in [0.1, 0.15) is 0 Å². The number of hydrogen-bond donors (Lipinski definition) is 1. The van der Waals surface area contributed by atoms with Gasteiger partial charge < -0.3 is 5.11 Å². The molecule has 0 heterocycles. The topological polar surface area (TPSA) is 63.4 Å². The van der Waals surface area contributed by atoms with Gasteiger partial charge in [-0.1, -0.05) is 12.1 Å². The van der Waals surface area contributed by atoms with Crippen LogP contribution in [0.5, 0.6) is 0 Å². The molecular weight excluding hydrogens is 377 g/mol. The fraction of sp³-hybridized carbons (Fsp3) is 0.500. The van der Waals surface area contributed by atoms with Crippen LogP contribution >= 0.6 is 0 Å². The van der Waals surface area contributed by atoms with Gasteiger partial charge in [-0.15, -0.1) is 0 Å². The molecule has 0 amide bonds. The molecule has 4 nitrogen and oxygen atoms in total. The lowest BCUT2D eigenvalue weighted by atomic mass is 9.95. The Labute approximate surface area is 133 Å². The van der Waals surface area contributed by atoms with E-state index in [0.29, 0.717) is 6.07 Å². The predicted molar refractivity (Wildman–Crippen MR) is 63.6 cm³/mol. The summed E-state index contributed by atoms with van der Waals surface area (Å²) in [5.41, 5.74) is -1.48. The standard InChI is InChI=1S/C12H8F9NO3/c13-9(14,10(15,16)11(17,18)12(19,20)21)5-8(23)6-2-1-3-7(4-6)22(24)25/h1-4,8,23H,5H2. The lowest BCUT2D eigenvalue weighted by molar-refractivity contribution is -0.398. The smallest absolute Gasteiger partial charge is 0.388 e. The molecule has 1 atom stereocenters. The number of hydrogen-bond acceptors (Lipinski definition) is 3. The fourth-order valence-electron chi connectivity index (χ4n) is 1.74. The molecule has 0 aliphatic heterocycles. The summed E-state index contributed by atoms with van der Waals surface area (Å²) in [6.45, 7) is 0. The van der Waals surface area contributed by atoms with Gasteiger partial charge in [0.15, 0.2) is 0 Å². The Kier molecular flexibility index (Phi) is 5.33. The van der Waals surface area contributed by atoms with Crippen molar-refractivity contribution in [3.8, 4) is 0 Å². The van der Waals surface area contributed by atoms with E-state index in [2.05, 4.69) is 0 Å². The van der Waals surface area contributed by atoms with Crippen LogP contribution in [-0.4, -0.2) is 34.0 Å². The Balaban J connectivity index is 3.15. The molecule has 25 heavy (non-hydrogen) atoms. The van der Waals surface area contributed by atoms with E-state index < -0.39 is 52.6 Å². The number of halogens is 9. The maximum absolute atomic E-state index is 13.4. The minimum absolute atomic E-state index is 0.487. The molecule has 0 bridgehead atoms. The lowest BCUT2D eigenvalue weighted by Crippen LogP contribution is -2.61. The number of nitro benzene ring substituents is 1. The summed E-state index contributed by atoms with van der Waals surface area (Å²) >= 11 is 0. The number of alkyl halides is 9. The zero-order valence-corrected chi connectivity index (χ0v) is 11.7. The van der Waals surface area contributed by atoms with E-state index in [1.807, 2.05) is 0 Å². The van der Waals surface area contributed by atoms with Crippen LogP contribution in [0.1, 0.15) is 18.1 Å². The molecule has 1 unspecified atom stereocenters. The van der Waals surface area contributed by atoms with Crippen LogP contribution in [0.3, 0.4) is 0 Å². The first-order chi connectivity index (χ1) is 11.0. The Morgan fingerprint density at radius 2 is 1.52 bits per heavy atom. The molecule has 1 aromatic rings. The highest BCUT2D eigenvalue weighted by Crippen LogP contribution is 2.55. The molecule has 142 valence electrons. The number of aliphatic hydroxyl groups is 1. The normalized spacial score (nSPS) is 15.1. The minimum Gasteiger partial charge on any atom is -0.388 e. The summed E-state index contributed by atoms with van der Waals surface area (Å²) < 4.78 is 114. The van der Waals surface area contributed by atoms with Crippen molar-refractivity contribution in [2.75, 3.05) is 0 Å². The Bertz CT molecular complexity index is 645. The van der Waals surface area contributed by atoms with E-state index in [0.717, 1.165) is 18.2 Å². The van der Waals surface area contributed by atoms with Gasteiger partial charge in [-0.2, -0.15) is 39.5 Å². The number of nitro groups is 1. The Morgan fingerprint density at radius 1 is 1.00 bits per heavy atom. The van der Waals surface area contributed by atoms with Crippen LogP contribution < -0.4 is 0 Å². The van der Waals surface area contributed by atoms with E-state index >= 15 is 0 Å². The monoisotopic (exact) mass is 385 g/mol. The summed E-state index contributed by atoms with van der Waals surface area (Å²) in [6.07, 6.45) is -12.1. The second-order valence-electron chi connectivity index (χ2n) is 4.92. The second-order valence-corrected chi connectivity index (χ2v) is 4.92. The van der Waals surface area contributed by atoms with Crippen molar-refractivity contribution < 1.29 is 49.5 Å². The van der Waals surface area contributed by atoms with Crippen molar-refractivity contribution in [3.63, 3.8) is 0 Å². The van der Waals surface area contributed by atoms with Crippen molar-refractivity contribution in [3.05, 3.63) is 39.9 Å². The maximum Gasteiger partial charge on any atom is 0.460 e. The molecule has 0 saturated heterocycles. The summed E-state index contributed by atoms with van der Waals surface area (Å²) in [7, 11) is 0. The second kappa shape index (κ2) is 6.35. The van der Waals surface area contributed by atoms with Crippen molar-refractivity contribution >= 4 is 5.69 Å². The molecule has 13 heteroatoms. The highest BCUT2D eigenvalue weighted by molar-refractivity contribution is 5.35. The number of rotatable bonds is 6. The Morgan fingerprint density at radius 3 is 1.96 bits per heavy atom. The summed E-state index contributed by atoms with van der Waals surface area (Å²) in [6, 6.07) is 2.98. The van der Waals surface area contributed by atoms with Crippen LogP contribution in [0.2, 0.25) is 0 Å². The molecule has 0 aliphatic rings. The quantitative estimate of drug-likeness (QED) is 0.446. The first kappa shape index (κ1) is 21.0. The third-order valence-corrected chi connectivity index (χ3v) is 3.13. The maximum atomic E-state index is 13.4. The van der Waals surface area contributed by atoms with Gasteiger partial charge in [0.25, 0.3) is 5.69 Å². The largest absolute Gasteiger partial charge is 0.460 e. The van der Waals surface area contributed by atoms with E-state index in [9.17, 15) is 54.7 Å². The first-order valence-electron chi connectivity index (χ1n) is 6.17. The lowest BCUT2D eigenvalue weighted by Gasteiger charge is -2.34. The molecule has 1 N–H and O–H groups in total. The minimum atomic E-state index is -7.06. The molecular formula is C12H8F9NO3. The van der Waals surface area contributed by atoms with E-state index in [4.69, 9.17) is 0 Å². The highest BCUT2D eigenvalue weighted by Gasteiger charge is 2.81. The molecule has 1 aromatic carbocycles. The fourth-order valence-corrected chi connectivity index (χ4v) is 1.74. The van der Waals surface area contributed by atoms with Gasteiger partial charge in [-0.25, -0.2) is 0 Å². The molecule has 0 aromatic heterocycles. The number of benzene rings is 1. The van der Waals surface area contributed by atoms with Crippen molar-refractivity contribution in [1.29, 1.82) is 0 Å². The number of aliphatic hydroxyl groups excluding tert-OH is 1. The predicted octanol–water partition coefficient (Wildman–Crippen LogP) is 4.49. The van der Waals surface area contributed by atoms with Gasteiger partial charge in [-0.3, -0.25) is 10.1 Å². The molecule has 0 radical (unpaired) electrons.